The molecule has 8 nitrogen and oxygen atoms in total. The first-order valence-electron chi connectivity index (χ1n) is 11.2. The molecule has 0 spiro atoms. The zero-order valence-corrected chi connectivity index (χ0v) is 23.2. The van der Waals surface area contributed by atoms with Crippen molar-refractivity contribution in [2.75, 3.05) is 16.8 Å². The molecule has 0 saturated carbocycles. The fourth-order valence-electron chi connectivity index (χ4n) is 3.60. The second-order valence-electron chi connectivity index (χ2n) is 8.38. The third kappa shape index (κ3) is 6.07. The number of aryl methyl sites for hydroxylation is 2. The van der Waals surface area contributed by atoms with E-state index in [0.717, 1.165) is 10.5 Å². The van der Waals surface area contributed by atoms with Crippen molar-refractivity contribution >= 4 is 80.3 Å². The van der Waals surface area contributed by atoms with Crippen LogP contribution in [-0.2, 0) is 14.4 Å². The summed E-state index contributed by atoms with van der Waals surface area (Å²) in [5.74, 6) is -1.61. The van der Waals surface area contributed by atoms with Gasteiger partial charge < -0.3 is 10.1 Å². The summed E-state index contributed by atoms with van der Waals surface area (Å²) >= 11 is 15.5. The van der Waals surface area contributed by atoms with Crippen LogP contribution in [0.3, 0.4) is 0 Å². The van der Waals surface area contributed by atoms with Crippen molar-refractivity contribution in [2.24, 2.45) is 0 Å². The van der Waals surface area contributed by atoms with Crippen molar-refractivity contribution in [3.05, 3.63) is 91.4 Å². The van der Waals surface area contributed by atoms with E-state index < -0.39 is 17.8 Å². The van der Waals surface area contributed by atoms with E-state index in [2.05, 4.69) is 26.6 Å². The van der Waals surface area contributed by atoms with Crippen LogP contribution >= 0.6 is 39.1 Å². The molecule has 194 valence electrons. The molecule has 0 unspecified atom stereocenters. The summed E-state index contributed by atoms with van der Waals surface area (Å²) in [5, 5.41) is 5.77. The predicted molar refractivity (Wildman–Crippen MR) is 150 cm³/mol. The molecule has 0 atom stereocenters. The number of amides is 5. The van der Waals surface area contributed by atoms with Crippen LogP contribution in [0.15, 0.2) is 64.6 Å². The molecular weight excluding hydrogens is 597 g/mol. The Bertz CT molecular complexity index is 1520. The van der Waals surface area contributed by atoms with E-state index in [0.29, 0.717) is 37.1 Å². The second-order valence-corrected chi connectivity index (χ2v) is 10.1. The number of carbonyl (C=O) groups is 4. The molecule has 3 aromatic carbocycles. The molecule has 1 aliphatic heterocycles. The molecule has 1 saturated heterocycles. The summed E-state index contributed by atoms with van der Waals surface area (Å²) < 4.78 is 6.09. The molecule has 1 heterocycles. The number of barbiturate groups is 1. The lowest BCUT2D eigenvalue weighted by atomic mass is 10.1. The Hall–Kier alpha value is -3.66. The molecule has 11 heteroatoms. The highest BCUT2D eigenvalue weighted by Gasteiger charge is 2.37. The molecule has 3 aromatic rings. The van der Waals surface area contributed by atoms with Crippen LogP contribution in [0.5, 0.6) is 5.75 Å². The summed E-state index contributed by atoms with van der Waals surface area (Å²) in [7, 11) is 0. The van der Waals surface area contributed by atoms with E-state index in [1.807, 2.05) is 6.92 Å². The molecule has 5 amide bonds. The van der Waals surface area contributed by atoms with Crippen LogP contribution < -0.4 is 20.3 Å². The maximum atomic E-state index is 13.2. The number of halogens is 3. The number of urea groups is 1. The smallest absolute Gasteiger partial charge is 0.335 e. The van der Waals surface area contributed by atoms with E-state index in [9.17, 15) is 19.2 Å². The zero-order chi connectivity index (χ0) is 27.6. The highest BCUT2D eigenvalue weighted by atomic mass is 79.9. The van der Waals surface area contributed by atoms with Crippen LogP contribution in [0.1, 0.15) is 16.7 Å². The molecule has 0 aliphatic carbocycles. The van der Waals surface area contributed by atoms with Crippen LogP contribution in [-0.4, -0.2) is 30.4 Å². The number of carbonyl (C=O) groups excluding carboxylic acids is 4. The second kappa shape index (κ2) is 11.4. The van der Waals surface area contributed by atoms with Crippen molar-refractivity contribution in [3.8, 4) is 5.75 Å². The Morgan fingerprint density at radius 3 is 2.47 bits per heavy atom. The van der Waals surface area contributed by atoms with Gasteiger partial charge in [0.25, 0.3) is 17.7 Å². The van der Waals surface area contributed by atoms with E-state index in [1.54, 1.807) is 55.5 Å². The average Bonchev–Trinajstić information content (AvgIpc) is 2.85. The SMILES string of the molecule is Cc1ccc(NC(=O)COc2ccc(/C=C3\C(=O)NC(=O)N(c4cc(Cl)ccc4C)C3=O)cc2Br)cc1Cl. The Kier molecular flexibility index (Phi) is 8.20. The minimum atomic E-state index is -0.862. The van der Waals surface area contributed by atoms with Gasteiger partial charge in [-0.2, -0.15) is 0 Å². The van der Waals surface area contributed by atoms with Crippen LogP contribution in [0, 0.1) is 13.8 Å². The van der Waals surface area contributed by atoms with E-state index in [4.69, 9.17) is 27.9 Å². The number of hydrogen-bond donors (Lipinski definition) is 2. The van der Waals surface area contributed by atoms with Gasteiger partial charge in [-0.1, -0.05) is 41.4 Å². The zero-order valence-electron chi connectivity index (χ0n) is 20.1. The Morgan fingerprint density at radius 2 is 1.76 bits per heavy atom. The first-order chi connectivity index (χ1) is 18.0. The standard InChI is InChI=1S/C27H20BrCl2N3O5/c1-14-4-7-18(12-21(14)30)31-24(34)13-38-23-8-5-16(10-20(23)28)9-19-25(35)32-27(37)33(26(19)36)22-11-17(29)6-3-15(22)2/h3-12H,13H2,1-2H3,(H,31,34)(H,32,35,37)/b19-9+. The lowest BCUT2D eigenvalue weighted by molar-refractivity contribution is -0.122. The number of anilines is 2. The lowest BCUT2D eigenvalue weighted by Gasteiger charge is -2.27. The highest BCUT2D eigenvalue weighted by Crippen LogP contribution is 2.30. The van der Waals surface area contributed by atoms with Crippen molar-refractivity contribution in [2.45, 2.75) is 13.8 Å². The van der Waals surface area contributed by atoms with Crippen LogP contribution in [0.4, 0.5) is 16.2 Å². The van der Waals surface area contributed by atoms with Gasteiger partial charge in [-0.15, -0.1) is 0 Å². The highest BCUT2D eigenvalue weighted by molar-refractivity contribution is 9.10. The molecule has 4 rings (SSSR count). The number of benzene rings is 3. The van der Waals surface area contributed by atoms with Gasteiger partial charge in [0, 0.05) is 15.7 Å². The van der Waals surface area contributed by atoms with Gasteiger partial charge in [-0.05, 0) is 88.9 Å². The van der Waals surface area contributed by atoms with Crippen molar-refractivity contribution in [3.63, 3.8) is 0 Å². The van der Waals surface area contributed by atoms with Gasteiger partial charge in [-0.25, -0.2) is 9.69 Å². The van der Waals surface area contributed by atoms with Crippen molar-refractivity contribution in [1.82, 2.24) is 5.32 Å². The third-order valence-corrected chi connectivity index (χ3v) is 6.86. The maximum Gasteiger partial charge on any atom is 0.335 e. The summed E-state index contributed by atoms with van der Waals surface area (Å²) in [5.41, 5.74) is 2.59. The van der Waals surface area contributed by atoms with Gasteiger partial charge in [0.05, 0.1) is 10.2 Å². The number of imide groups is 2. The largest absolute Gasteiger partial charge is 0.483 e. The van der Waals surface area contributed by atoms with Crippen molar-refractivity contribution in [1.29, 1.82) is 0 Å². The number of hydrogen-bond acceptors (Lipinski definition) is 5. The maximum absolute atomic E-state index is 13.2. The summed E-state index contributed by atoms with van der Waals surface area (Å²) in [4.78, 5) is 51.3. The monoisotopic (exact) mass is 615 g/mol. The number of rotatable bonds is 6. The molecule has 2 N–H and O–H groups in total. The molecule has 1 fully saturated rings. The minimum absolute atomic E-state index is 0.235. The Labute approximate surface area is 236 Å². The predicted octanol–water partition coefficient (Wildman–Crippen LogP) is 6.06. The van der Waals surface area contributed by atoms with E-state index in [1.165, 1.54) is 12.1 Å². The van der Waals surface area contributed by atoms with E-state index in [-0.39, 0.29) is 23.8 Å². The number of nitrogens with zero attached hydrogens (tertiary/aromatic N) is 1. The van der Waals surface area contributed by atoms with Crippen LogP contribution in [0.2, 0.25) is 10.0 Å². The first-order valence-corrected chi connectivity index (χ1v) is 12.7. The minimum Gasteiger partial charge on any atom is -0.483 e. The van der Waals surface area contributed by atoms with Gasteiger partial charge in [0.15, 0.2) is 6.61 Å². The molecule has 1 aliphatic rings. The molecular formula is C27H20BrCl2N3O5. The average molecular weight is 617 g/mol. The van der Waals surface area contributed by atoms with Crippen molar-refractivity contribution < 1.29 is 23.9 Å². The van der Waals surface area contributed by atoms with E-state index >= 15 is 0 Å². The fraction of sp³-hybridized carbons (Fsp3) is 0.111. The molecule has 0 radical (unpaired) electrons. The fourth-order valence-corrected chi connectivity index (χ4v) is 4.46. The number of ether oxygens (including phenoxy) is 1. The summed E-state index contributed by atoms with van der Waals surface area (Å²) in [6, 6.07) is 13.9. The van der Waals surface area contributed by atoms with Gasteiger partial charge in [0.2, 0.25) is 0 Å². The lowest BCUT2D eigenvalue weighted by Crippen LogP contribution is -2.54. The Balaban J connectivity index is 1.49. The first kappa shape index (κ1) is 27.4. The molecule has 38 heavy (non-hydrogen) atoms. The number of nitrogens with one attached hydrogen (secondary N) is 2. The topological polar surface area (TPSA) is 105 Å². The quantitative estimate of drug-likeness (QED) is 0.259. The summed E-state index contributed by atoms with van der Waals surface area (Å²) in [6.07, 6.45) is 1.36. The van der Waals surface area contributed by atoms with Gasteiger partial charge in [-0.3, -0.25) is 19.7 Å². The molecule has 0 bridgehead atoms. The van der Waals surface area contributed by atoms with Gasteiger partial charge in [0.1, 0.15) is 11.3 Å². The summed E-state index contributed by atoms with van der Waals surface area (Å²) in [6.45, 7) is 3.32. The normalized spacial score (nSPS) is 14.5. The Morgan fingerprint density at radius 1 is 1.03 bits per heavy atom. The molecule has 0 aromatic heterocycles. The third-order valence-electron chi connectivity index (χ3n) is 5.60. The van der Waals surface area contributed by atoms with Gasteiger partial charge >= 0.3 is 6.03 Å². The van der Waals surface area contributed by atoms with Crippen LogP contribution in [0.25, 0.3) is 6.08 Å².